The van der Waals surface area contributed by atoms with Crippen LogP contribution in [0.15, 0.2) is 0 Å². The molecule has 0 radical (unpaired) electrons. The molecule has 10 nitrogen and oxygen atoms in total. The van der Waals surface area contributed by atoms with E-state index in [0.717, 1.165) is 13.2 Å². The van der Waals surface area contributed by atoms with E-state index in [0.29, 0.717) is 0 Å². The van der Waals surface area contributed by atoms with Gasteiger partial charge in [-0.05, 0) is 41.5 Å². The lowest BCUT2D eigenvalue weighted by atomic mass is 9.98. The van der Waals surface area contributed by atoms with Crippen LogP contribution >= 0.6 is 12.4 Å². The van der Waals surface area contributed by atoms with E-state index in [1.54, 1.807) is 27.7 Å². The Hall–Kier alpha value is -0.0800. The van der Waals surface area contributed by atoms with Crippen LogP contribution in [-0.4, -0.2) is 70.5 Å². The smallest absolute Gasteiger partial charge is 0.333 e. The van der Waals surface area contributed by atoms with Crippen LogP contribution in [0.1, 0.15) is 41.5 Å². The van der Waals surface area contributed by atoms with Gasteiger partial charge in [-0.3, -0.25) is 4.18 Å². The molecule has 0 spiro atoms. The minimum Gasteiger partial charge on any atom is -0.382 e. The van der Waals surface area contributed by atoms with Crippen LogP contribution in [0.4, 0.5) is 0 Å². The van der Waals surface area contributed by atoms with Crippen molar-refractivity contribution in [2.75, 3.05) is 26.4 Å². The van der Waals surface area contributed by atoms with Gasteiger partial charge in [0.1, 0.15) is 24.9 Å². The van der Waals surface area contributed by atoms with Crippen molar-refractivity contribution in [2.24, 2.45) is 5.14 Å². The maximum Gasteiger partial charge on any atom is 0.333 e. The minimum absolute atomic E-state index is 0. The zero-order chi connectivity index (χ0) is 20.5. The van der Waals surface area contributed by atoms with E-state index in [1.165, 1.54) is 0 Å². The van der Waals surface area contributed by atoms with Gasteiger partial charge >= 0.3 is 10.3 Å². The number of hydrogen-bond acceptors (Lipinski definition) is 9. The molecule has 0 saturated carbocycles. The first kappa shape index (κ1) is 26.0. The zero-order valence-corrected chi connectivity index (χ0v) is 18.8. The molecule has 3 saturated heterocycles. The summed E-state index contributed by atoms with van der Waals surface area (Å²) in [6.07, 6.45) is -1.50. The molecule has 4 atom stereocenters. The quantitative estimate of drug-likeness (QED) is 0.655. The molecular formula is C16H32ClNO9S. The van der Waals surface area contributed by atoms with Crippen LogP contribution < -0.4 is 5.14 Å². The molecule has 0 amide bonds. The van der Waals surface area contributed by atoms with Gasteiger partial charge in [-0.25, -0.2) is 5.14 Å². The van der Waals surface area contributed by atoms with E-state index in [4.69, 9.17) is 37.7 Å². The third kappa shape index (κ3) is 6.46. The monoisotopic (exact) mass is 449 g/mol. The summed E-state index contributed by atoms with van der Waals surface area (Å²) < 4.78 is 60.7. The summed E-state index contributed by atoms with van der Waals surface area (Å²) in [6, 6.07) is 0. The molecule has 28 heavy (non-hydrogen) atoms. The van der Waals surface area contributed by atoms with E-state index in [1.807, 2.05) is 13.8 Å². The Kier molecular flexibility index (Phi) is 8.69. The molecule has 0 aromatic rings. The average molecular weight is 450 g/mol. The fourth-order valence-electron chi connectivity index (χ4n) is 3.32. The Morgan fingerprint density at radius 2 is 1.64 bits per heavy atom. The molecule has 0 unspecified atom stereocenters. The van der Waals surface area contributed by atoms with Crippen molar-refractivity contribution in [2.45, 2.75) is 77.2 Å². The predicted octanol–water partition coefficient (Wildman–Crippen LogP) is 1.07. The summed E-state index contributed by atoms with van der Waals surface area (Å²) in [5, 5.41) is 4.89. The Morgan fingerprint density at radius 1 is 1.04 bits per heavy atom. The van der Waals surface area contributed by atoms with Crippen molar-refractivity contribution < 1.29 is 41.0 Å². The highest BCUT2D eigenvalue weighted by atomic mass is 35.5. The van der Waals surface area contributed by atoms with Crippen LogP contribution in [0.5, 0.6) is 0 Å². The summed E-state index contributed by atoms with van der Waals surface area (Å²) in [6.45, 7) is 12.4. The number of halogens is 1. The van der Waals surface area contributed by atoms with Crippen molar-refractivity contribution in [1.29, 1.82) is 0 Å². The average Bonchev–Trinajstić information content (AvgIpc) is 2.98. The molecular weight excluding hydrogens is 418 g/mol. The molecule has 0 aromatic carbocycles. The summed E-state index contributed by atoms with van der Waals surface area (Å²) >= 11 is 0. The van der Waals surface area contributed by atoms with Gasteiger partial charge in [0.05, 0.1) is 6.61 Å². The molecule has 0 aliphatic carbocycles. The van der Waals surface area contributed by atoms with Gasteiger partial charge in [-0.15, -0.1) is 12.4 Å². The lowest BCUT2D eigenvalue weighted by molar-refractivity contribution is -0.290. The summed E-state index contributed by atoms with van der Waals surface area (Å²) in [5.41, 5.74) is 0. The standard InChI is InChI=1S/C12H21NO8S.C4H10O.ClH/c1-10(2)18-7-5-16-12(6-17-22(13,14)15)9(8(7)19-10)20-11(3,4)21-12;1-3-5-4-2;/h7-9H,5-6H2,1-4H3,(H2,13,14,15);3-4H2,1-2H3;1H/t7-,8-,9+,12+;;/m1../s1. The molecule has 3 aliphatic rings. The number of rotatable bonds is 5. The fourth-order valence-corrected chi connectivity index (χ4v) is 3.64. The Morgan fingerprint density at radius 3 is 2.14 bits per heavy atom. The van der Waals surface area contributed by atoms with E-state index in [2.05, 4.69) is 0 Å². The molecule has 12 heteroatoms. The van der Waals surface area contributed by atoms with Crippen LogP contribution in [0, 0.1) is 0 Å². The van der Waals surface area contributed by atoms with Crippen molar-refractivity contribution in [3.63, 3.8) is 0 Å². The first-order valence-corrected chi connectivity index (χ1v) is 10.4. The Labute approximate surface area is 172 Å². The number of nitrogens with two attached hydrogens (primary N) is 1. The highest BCUT2D eigenvalue weighted by molar-refractivity contribution is 7.84. The third-order valence-corrected chi connectivity index (χ3v) is 4.55. The van der Waals surface area contributed by atoms with Crippen molar-refractivity contribution in [3.8, 4) is 0 Å². The second-order valence-corrected chi connectivity index (χ2v) is 8.56. The number of ether oxygens (including phenoxy) is 6. The summed E-state index contributed by atoms with van der Waals surface area (Å²) in [7, 11) is -4.14. The molecule has 168 valence electrons. The second kappa shape index (κ2) is 9.38. The number of hydrogen-bond donors (Lipinski definition) is 1. The van der Waals surface area contributed by atoms with Gasteiger partial charge in [0.15, 0.2) is 11.6 Å². The zero-order valence-electron chi connectivity index (χ0n) is 17.1. The lowest BCUT2D eigenvalue weighted by Gasteiger charge is -2.40. The maximum absolute atomic E-state index is 11.1. The van der Waals surface area contributed by atoms with Gasteiger partial charge in [0.2, 0.25) is 5.79 Å². The van der Waals surface area contributed by atoms with Crippen LogP contribution in [0.25, 0.3) is 0 Å². The molecule has 3 aliphatic heterocycles. The highest BCUT2D eigenvalue weighted by Crippen LogP contribution is 2.47. The van der Waals surface area contributed by atoms with Crippen LogP contribution in [0.3, 0.4) is 0 Å². The maximum atomic E-state index is 11.1. The normalized spacial score (nSPS) is 35.2. The van der Waals surface area contributed by atoms with Crippen LogP contribution in [-0.2, 0) is 42.9 Å². The van der Waals surface area contributed by atoms with E-state index >= 15 is 0 Å². The topological polar surface area (TPSA) is 125 Å². The molecule has 0 bridgehead atoms. The summed E-state index contributed by atoms with van der Waals surface area (Å²) in [4.78, 5) is 0. The fraction of sp³-hybridized carbons (Fsp3) is 1.00. The van der Waals surface area contributed by atoms with Gasteiger partial charge in [0, 0.05) is 13.2 Å². The first-order chi connectivity index (χ1) is 12.3. The van der Waals surface area contributed by atoms with E-state index in [-0.39, 0.29) is 25.1 Å². The SMILES string of the molecule is CC1(C)O[C@@H]2[C@@H](CO[C@@]3(COS(N)(=O)=O)OC(C)(C)O[C@@H]23)O1.CCOCC.Cl. The predicted molar refractivity (Wildman–Crippen MR) is 101 cm³/mol. The number of fused-ring (bicyclic) bond motifs is 3. The molecule has 3 rings (SSSR count). The van der Waals surface area contributed by atoms with E-state index in [9.17, 15) is 8.42 Å². The van der Waals surface area contributed by atoms with Crippen molar-refractivity contribution >= 4 is 22.7 Å². The second-order valence-electron chi connectivity index (χ2n) is 7.34. The van der Waals surface area contributed by atoms with Crippen LogP contribution in [0.2, 0.25) is 0 Å². The van der Waals surface area contributed by atoms with Gasteiger partial charge < -0.3 is 28.4 Å². The Balaban J connectivity index is 0.000000584. The molecule has 3 heterocycles. The third-order valence-electron chi connectivity index (χ3n) is 4.11. The molecule has 0 aromatic heterocycles. The lowest BCUT2D eigenvalue weighted by Crippen LogP contribution is -2.60. The molecule has 3 fully saturated rings. The largest absolute Gasteiger partial charge is 0.382 e. The van der Waals surface area contributed by atoms with Gasteiger partial charge in [-0.2, -0.15) is 8.42 Å². The Bertz CT molecular complexity index is 613. The minimum atomic E-state index is -4.14. The van der Waals surface area contributed by atoms with E-state index < -0.39 is 46.5 Å². The first-order valence-electron chi connectivity index (χ1n) is 8.95. The van der Waals surface area contributed by atoms with Crippen molar-refractivity contribution in [1.82, 2.24) is 0 Å². The molecule has 2 N–H and O–H groups in total. The van der Waals surface area contributed by atoms with Crippen molar-refractivity contribution in [3.05, 3.63) is 0 Å². The van der Waals surface area contributed by atoms with Gasteiger partial charge in [-0.1, -0.05) is 0 Å². The highest BCUT2D eigenvalue weighted by Gasteiger charge is 2.65. The summed E-state index contributed by atoms with van der Waals surface area (Å²) in [5.74, 6) is -3.19. The van der Waals surface area contributed by atoms with Gasteiger partial charge in [0.25, 0.3) is 0 Å².